The molecule has 6 rings (SSSR count). The van der Waals surface area contributed by atoms with Crippen LogP contribution in [0.2, 0.25) is 0 Å². The Morgan fingerprint density at radius 1 is 1.05 bits per heavy atom. The zero-order valence-electron chi connectivity index (χ0n) is 22.3. The van der Waals surface area contributed by atoms with Gasteiger partial charge in [0.05, 0.1) is 11.6 Å². The number of aliphatic hydroxyl groups excluding tert-OH is 1. The lowest BCUT2D eigenvalue weighted by Gasteiger charge is -2.23. The van der Waals surface area contributed by atoms with Crippen LogP contribution in [0.3, 0.4) is 0 Å². The minimum atomic E-state index is -0.981. The highest BCUT2D eigenvalue weighted by Crippen LogP contribution is 2.45. The molecule has 1 atom stereocenters. The number of ether oxygens (including phenoxy) is 3. The molecule has 3 heterocycles. The zero-order valence-corrected chi connectivity index (χ0v) is 23.9. The van der Waals surface area contributed by atoms with E-state index in [-0.39, 0.29) is 23.1 Å². The topological polar surface area (TPSA) is 111 Å². The average molecular weight is 600 g/mol. The molecular formula is C31H25N3O6S2. The monoisotopic (exact) mass is 599 g/mol. The Morgan fingerprint density at radius 2 is 1.86 bits per heavy atom. The zero-order chi connectivity index (χ0) is 29.1. The molecule has 212 valence electrons. The van der Waals surface area contributed by atoms with Gasteiger partial charge in [0.1, 0.15) is 31.3 Å². The number of hydrogen-bond donors (Lipinski definition) is 1. The first-order valence-corrected chi connectivity index (χ1v) is 14.9. The van der Waals surface area contributed by atoms with Crippen molar-refractivity contribution in [2.24, 2.45) is 0 Å². The summed E-state index contributed by atoms with van der Waals surface area (Å²) < 4.78 is 17.6. The standard InChI is InChI=1S/C31H25N3O6S2/c1-2-13-38-22-10-6-9-20(16-22)26-25(27(35)21-11-12-23-24(17-21)40-15-14-39-23)28(36)29(37)34(26)30-32-33-31(42-30)41-18-19-7-4-3-5-8-19/h2-12,16-17,26,35H,1,13-15,18H2. The van der Waals surface area contributed by atoms with Gasteiger partial charge in [-0.05, 0) is 41.5 Å². The van der Waals surface area contributed by atoms with Crippen molar-refractivity contribution in [1.82, 2.24) is 10.2 Å². The molecule has 1 aromatic heterocycles. The van der Waals surface area contributed by atoms with Gasteiger partial charge in [0, 0.05) is 11.3 Å². The van der Waals surface area contributed by atoms with Gasteiger partial charge >= 0.3 is 5.91 Å². The smallest absolute Gasteiger partial charge is 0.301 e. The Balaban J connectivity index is 1.41. The van der Waals surface area contributed by atoms with E-state index in [9.17, 15) is 14.7 Å². The number of aliphatic hydroxyl groups is 1. The third-order valence-corrected chi connectivity index (χ3v) is 8.74. The molecule has 1 N–H and O–H groups in total. The van der Waals surface area contributed by atoms with Gasteiger partial charge in [-0.2, -0.15) is 0 Å². The number of benzene rings is 3. The SMILES string of the molecule is C=CCOc1cccc(C2C(=C(O)c3ccc4c(c3)OCCO4)C(=O)C(=O)N2c2nnc(SCc3ccccc3)s2)c1. The average Bonchev–Trinajstić information content (AvgIpc) is 3.60. The second-order valence-corrected chi connectivity index (χ2v) is 11.5. The number of ketones is 1. The Bertz CT molecular complexity index is 1690. The lowest BCUT2D eigenvalue weighted by molar-refractivity contribution is -0.132. The van der Waals surface area contributed by atoms with E-state index in [4.69, 9.17) is 14.2 Å². The van der Waals surface area contributed by atoms with E-state index in [0.29, 0.717) is 51.7 Å². The van der Waals surface area contributed by atoms with E-state index < -0.39 is 17.7 Å². The van der Waals surface area contributed by atoms with Crippen molar-refractivity contribution < 1.29 is 28.9 Å². The Hall–Kier alpha value is -4.61. The molecule has 2 aliphatic heterocycles. The fraction of sp³-hybridized carbons (Fsp3) is 0.161. The van der Waals surface area contributed by atoms with Crippen LogP contribution in [0.1, 0.15) is 22.7 Å². The highest BCUT2D eigenvalue weighted by Gasteiger charge is 2.48. The molecule has 0 spiro atoms. The normalized spacial score (nSPS) is 17.3. The number of aromatic nitrogens is 2. The largest absolute Gasteiger partial charge is 0.507 e. The summed E-state index contributed by atoms with van der Waals surface area (Å²) in [4.78, 5) is 28.5. The maximum absolute atomic E-state index is 13.6. The van der Waals surface area contributed by atoms with Crippen molar-refractivity contribution in [3.05, 3.63) is 108 Å². The van der Waals surface area contributed by atoms with Gasteiger partial charge < -0.3 is 19.3 Å². The number of carbonyl (C=O) groups excluding carboxylic acids is 2. The fourth-order valence-corrected chi connectivity index (χ4v) is 6.52. The summed E-state index contributed by atoms with van der Waals surface area (Å²) in [7, 11) is 0. The molecule has 4 aromatic rings. The van der Waals surface area contributed by atoms with Gasteiger partial charge in [0.15, 0.2) is 15.8 Å². The highest BCUT2D eigenvalue weighted by molar-refractivity contribution is 8.00. The van der Waals surface area contributed by atoms with Crippen LogP contribution in [0, 0.1) is 0 Å². The minimum absolute atomic E-state index is 0.0776. The molecule has 1 fully saturated rings. The van der Waals surface area contributed by atoms with Crippen LogP contribution >= 0.6 is 23.1 Å². The Labute approximate surface area is 250 Å². The summed E-state index contributed by atoms with van der Waals surface area (Å²) in [5, 5.41) is 20.3. The number of amides is 1. The molecule has 0 radical (unpaired) electrons. The van der Waals surface area contributed by atoms with Crippen molar-refractivity contribution in [2.45, 2.75) is 16.1 Å². The van der Waals surface area contributed by atoms with Crippen molar-refractivity contribution in [2.75, 3.05) is 24.7 Å². The molecule has 1 amide bonds. The van der Waals surface area contributed by atoms with E-state index in [1.54, 1.807) is 48.5 Å². The number of nitrogens with zero attached hydrogens (tertiary/aromatic N) is 3. The minimum Gasteiger partial charge on any atom is -0.507 e. The Kier molecular flexibility index (Phi) is 7.93. The maximum Gasteiger partial charge on any atom is 0.301 e. The third kappa shape index (κ3) is 5.48. The van der Waals surface area contributed by atoms with Crippen LogP contribution in [0.25, 0.3) is 5.76 Å². The second-order valence-electron chi connectivity index (χ2n) is 9.32. The van der Waals surface area contributed by atoms with E-state index >= 15 is 0 Å². The van der Waals surface area contributed by atoms with Gasteiger partial charge in [-0.25, -0.2) is 0 Å². The maximum atomic E-state index is 13.6. The summed E-state index contributed by atoms with van der Waals surface area (Å²) >= 11 is 2.69. The molecule has 42 heavy (non-hydrogen) atoms. The highest BCUT2D eigenvalue weighted by atomic mass is 32.2. The van der Waals surface area contributed by atoms with Crippen molar-refractivity contribution in [3.63, 3.8) is 0 Å². The van der Waals surface area contributed by atoms with Crippen LogP contribution in [-0.4, -0.2) is 46.8 Å². The number of thioether (sulfide) groups is 1. The third-order valence-electron chi connectivity index (χ3n) is 6.61. The first-order chi connectivity index (χ1) is 20.5. The van der Waals surface area contributed by atoms with Crippen LogP contribution in [-0.2, 0) is 15.3 Å². The fourth-order valence-electron chi connectivity index (χ4n) is 4.70. The van der Waals surface area contributed by atoms with Crippen LogP contribution in [0.5, 0.6) is 17.2 Å². The van der Waals surface area contributed by atoms with E-state index in [1.165, 1.54) is 28.0 Å². The van der Waals surface area contributed by atoms with Gasteiger partial charge in [-0.15, -0.1) is 10.2 Å². The lowest BCUT2D eigenvalue weighted by Crippen LogP contribution is -2.29. The molecule has 0 bridgehead atoms. The molecule has 0 aliphatic carbocycles. The number of fused-ring (bicyclic) bond motifs is 1. The van der Waals surface area contributed by atoms with Gasteiger partial charge in [0.2, 0.25) is 5.13 Å². The van der Waals surface area contributed by atoms with Crippen LogP contribution in [0.4, 0.5) is 5.13 Å². The predicted molar refractivity (Wildman–Crippen MR) is 160 cm³/mol. The molecule has 1 unspecified atom stereocenters. The number of Topliss-reactive ketones (excluding diaryl/α,β-unsaturated/α-hetero) is 1. The number of hydrogen-bond acceptors (Lipinski definition) is 10. The molecule has 9 nitrogen and oxygen atoms in total. The number of anilines is 1. The summed E-state index contributed by atoms with van der Waals surface area (Å²) in [6, 6.07) is 20.9. The molecular weight excluding hydrogens is 574 g/mol. The van der Waals surface area contributed by atoms with Crippen molar-refractivity contribution >= 4 is 45.7 Å². The summed E-state index contributed by atoms with van der Waals surface area (Å²) in [6.07, 6.45) is 1.62. The molecule has 11 heteroatoms. The summed E-state index contributed by atoms with van der Waals surface area (Å²) in [5.74, 6) is 0.194. The first kappa shape index (κ1) is 27.6. The quantitative estimate of drug-likeness (QED) is 0.0638. The van der Waals surface area contributed by atoms with E-state index in [1.807, 2.05) is 30.3 Å². The number of rotatable bonds is 9. The summed E-state index contributed by atoms with van der Waals surface area (Å²) in [6.45, 7) is 4.74. The second kappa shape index (κ2) is 12.1. The summed E-state index contributed by atoms with van der Waals surface area (Å²) in [5.41, 5.74) is 1.92. The Morgan fingerprint density at radius 3 is 2.67 bits per heavy atom. The molecule has 3 aromatic carbocycles. The molecule has 2 aliphatic rings. The van der Waals surface area contributed by atoms with Crippen LogP contribution in [0.15, 0.2) is 95.4 Å². The van der Waals surface area contributed by atoms with Gasteiger partial charge in [0.25, 0.3) is 5.78 Å². The first-order valence-electron chi connectivity index (χ1n) is 13.1. The number of carbonyl (C=O) groups is 2. The van der Waals surface area contributed by atoms with Gasteiger partial charge in [-0.1, -0.05) is 78.2 Å². The predicted octanol–water partition coefficient (Wildman–Crippen LogP) is 5.79. The van der Waals surface area contributed by atoms with Crippen molar-refractivity contribution in [1.29, 1.82) is 0 Å². The molecule has 1 saturated heterocycles. The van der Waals surface area contributed by atoms with Gasteiger partial charge in [-0.3, -0.25) is 14.5 Å². The van der Waals surface area contributed by atoms with Crippen LogP contribution < -0.4 is 19.1 Å². The van der Waals surface area contributed by atoms with Crippen molar-refractivity contribution in [3.8, 4) is 17.2 Å². The van der Waals surface area contributed by atoms with E-state index in [2.05, 4.69) is 16.8 Å². The lowest BCUT2D eigenvalue weighted by atomic mass is 9.95. The molecule has 0 saturated carbocycles. The van der Waals surface area contributed by atoms with E-state index in [0.717, 1.165) is 5.56 Å².